The molecular formula is C12H22N2O4. The summed E-state index contributed by atoms with van der Waals surface area (Å²) in [6, 6.07) is -0.234. The van der Waals surface area contributed by atoms with Crippen molar-refractivity contribution in [2.45, 2.75) is 25.7 Å². The number of urea groups is 1. The van der Waals surface area contributed by atoms with Crippen LogP contribution in [0.2, 0.25) is 0 Å². The summed E-state index contributed by atoms with van der Waals surface area (Å²) >= 11 is 0. The summed E-state index contributed by atoms with van der Waals surface area (Å²) in [4.78, 5) is 22.4. The second-order valence-electron chi connectivity index (χ2n) is 4.62. The topological polar surface area (TPSA) is 87.7 Å². The van der Waals surface area contributed by atoms with E-state index in [-0.39, 0.29) is 17.9 Å². The van der Waals surface area contributed by atoms with Crippen LogP contribution in [0.5, 0.6) is 0 Å². The third kappa shape index (κ3) is 4.91. The van der Waals surface area contributed by atoms with E-state index in [1.54, 1.807) is 7.11 Å². The van der Waals surface area contributed by atoms with E-state index < -0.39 is 5.97 Å². The Bertz CT molecular complexity index is 283. The number of aliphatic carboxylic acids is 1. The van der Waals surface area contributed by atoms with Gasteiger partial charge in [0.25, 0.3) is 0 Å². The summed E-state index contributed by atoms with van der Waals surface area (Å²) in [5.41, 5.74) is 0. The predicted molar refractivity (Wildman–Crippen MR) is 66.4 cm³/mol. The van der Waals surface area contributed by atoms with E-state index in [9.17, 15) is 9.59 Å². The SMILES string of the molecule is COCCCNC(=O)NCC1CCCC1C(=O)O. The summed E-state index contributed by atoms with van der Waals surface area (Å²) in [5.74, 6) is -0.995. The van der Waals surface area contributed by atoms with Crippen molar-refractivity contribution in [2.24, 2.45) is 11.8 Å². The highest BCUT2D eigenvalue weighted by Crippen LogP contribution is 2.31. The van der Waals surface area contributed by atoms with Gasteiger partial charge in [-0.3, -0.25) is 4.79 Å². The van der Waals surface area contributed by atoms with Gasteiger partial charge in [0.1, 0.15) is 0 Å². The maximum absolute atomic E-state index is 11.4. The van der Waals surface area contributed by atoms with E-state index >= 15 is 0 Å². The van der Waals surface area contributed by atoms with Crippen molar-refractivity contribution in [3.05, 3.63) is 0 Å². The number of rotatable bonds is 7. The van der Waals surface area contributed by atoms with Crippen LogP contribution in [0.3, 0.4) is 0 Å². The van der Waals surface area contributed by atoms with Gasteiger partial charge in [-0.05, 0) is 25.2 Å². The van der Waals surface area contributed by atoms with E-state index in [0.717, 1.165) is 25.7 Å². The molecule has 1 aliphatic rings. The van der Waals surface area contributed by atoms with Crippen molar-refractivity contribution in [1.29, 1.82) is 0 Å². The molecule has 0 aliphatic heterocycles. The van der Waals surface area contributed by atoms with Crippen molar-refractivity contribution in [3.8, 4) is 0 Å². The van der Waals surface area contributed by atoms with E-state index in [4.69, 9.17) is 9.84 Å². The summed E-state index contributed by atoms with van der Waals surface area (Å²) < 4.78 is 4.87. The zero-order valence-electron chi connectivity index (χ0n) is 10.8. The van der Waals surface area contributed by atoms with Crippen molar-refractivity contribution in [1.82, 2.24) is 10.6 Å². The largest absolute Gasteiger partial charge is 0.481 e. The fourth-order valence-electron chi connectivity index (χ4n) is 2.31. The van der Waals surface area contributed by atoms with Crippen molar-refractivity contribution in [3.63, 3.8) is 0 Å². The molecule has 0 aromatic carbocycles. The first-order valence-electron chi connectivity index (χ1n) is 6.38. The number of nitrogens with one attached hydrogen (secondary N) is 2. The van der Waals surface area contributed by atoms with E-state index in [0.29, 0.717) is 19.7 Å². The van der Waals surface area contributed by atoms with Gasteiger partial charge >= 0.3 is 12.0 Å². The number of hydrogen-bond donors (Lipinski definition) is 3. The minimum absolute atomic E-state index is 0.0622. The first-order chi connectivity index (χ1) is 8.65. The average molecular weight is 258 g/mol. The highest BCUT2D eigenvalue weighted by Gasteiger charge is 2.32. The number of carbonyl (C=O) groups is 2. The Morgan fingerprint density at radius 1 is 1.33 bits per heavy atom. The van der Waals surface area contributed by atoms with Crippen LogP contribution < -0.4 is 10.6 Å². The van der Waals surface area contributed by atoms with Gasteiger partial charge < -0.3 is 20.5 Å². The summed E-state index contributed by atoms with van der Waals surface area (Å²) in [7, 11) is 1.62. The molecule has 2 atom stereocenters. The zero-order valence-corrected chi connectivity index (χ0v) is 10.8. The lowest BCUT2D eigenvalue weighted by Crippen LogP contribution is -2.40. The molecule has 1 aliphatic carbocycles. The molecule has 0 saturated heterocycles. The van der Waals surface area contributed by atoms with Gasteiger partial charge in [-0.2, -0.15) is 0 Å². The number of amides is 2. The average Bonchev–Trinajstić information content (AvgIpc) is 2.80. The second kappa shape index (κ2) is 7.92. The van der Waals surface area contributed by atoms with Gasteiger partial charge in [-0.1, -0.05) is 6.42 Å². The van der Waals surface area contributed by atoms with Crippen molar-refractivity contribution in [2.75, 3.05) is 26.8 Å². The van der Waals surface area contributed by atoms with Crippen LogP contribution in [-0.4, -0.2) is 43.9 Å². The smallest absolute Gasteiger partial charge is 0.314 e. The molecule has 2 unspecified atom stereocenters. The molecule has 0 heterocycles. The quantitative estimate of drug-likeness (QED) is 0.590. The molecule has 6 heteroatoms. The van der Waals surface area contributed by atoms with Crippen LogP contribution in [-0.2, 0) is 9.53 Å². The first-order valence-corrected chi connectivity index (χ1v) is 6.38. The molecule has 2 amide bonds. The standard InChI is InChI=1S/C12H22N2O4/c1-18-7-3-6-13-12(17)14-8-9-4-2-5-10(9)11(15)16/h9-10H,2-8H2,1H3,(H,15,16)(H2,13,14,17). The molecule has 1 fully saturated rings. The monoisotopic (exact) mass is 258 g/mol. The van der Waals surface area contributed by atoms with Gasteiger partial charge in [-0.15, -0.1) is 0 Å². The van der Waals surface area contributed by atoms with Gasteiger partial charge in [0.15, 0.2) is 0 Å². The maximum atomic E-state index is 11.4. The van der Waals surface area contributed by atoms with Crippen LogP contribution in [0.15, 0.2) is 0 Å². The molecule has 0 radical (unpaired) electrons. The van der Waals surface area contributed by atoms with Crippen molar-refractivity contribution < 1.29 is 19.4 Å². The highest BCUT2D eigenvalue weighted by molar-refractivity contribution is 5.74. The summed E-state index contributed by atoms with van der Waals surface area (Å²) in [6.45, 7) is 1.61. The van der Waals surface area contributed by atoms with Crippen LogP contribution in [0.25, 0.3) is 0 Å². The lowest BCUT2D eigenvalue weighted by atomic mass is 9.96. The van der Waals surface area contributed by atoms with Crippen LogP contribution >= 0.6 is 0 Å². The van der Waals surface area contributed by atoms with E-state index in [1.165, 1.54) is 0 Å². The fourth-order valence-corrected chi connectivity index (χ4v) is 2.31. The molecule has 6 nitrogen and oxygen atoms in total. The Hall–Kier alpha value is -1.30. The van der Waals surface area contributed by atoms with Crippen LogP contribution in [0.1, 0.15) is 25.7 Å². The lowest BCUT2D eigenvalue weighted by molar-refractivity contribution is -0.142. The zero-order chi connectivity index (χ0) is 13.4. The number of carbonyl (C=O) groups excluding carboxylic acids is 1. The highest BCUT2D eigenvalue weighted by atomic mass is 16.5. The normalized spacial score (nSPS) is 22.7. The molecule has 18 heavy (non-hydrogen) atoms. The molecular weight excluding hydrogens is 236 g/mol. The number of ether oxygens (including phenoxy) is 1. The third-order valence-corrected chi connectivity index (χ3v) is 3.31. The number of hydrogen-bond acceptors (Lipinski definition) is 3. The molecule has 104 valence electrons. The molecule has 3 N–H and O–H groups in total. The Morgan fingerprint density at radius 3 is 2.78 bits per heavy atom. The first kappa shape index (κ1) is 14.8. The minimum atomic E-state index is -0.750. The number of carboxylic acid groups (broad SMARTS) is 1. The van der Waals surface area contributed by atoms with E-state index in [1.807, 2.05) is 0 Å². The van der Waals surface area contributed by atoms with Crippen molar-refractivity contribution >= 4 is 12.0 Å². The predicted octanol–water partition coefficient (Wildman–Crippen LogP) is 0.823. The molecule has 0 aromatic rings. The number of methoxy groups -OCH3 is 1. The molecule has 1 rings (SSSR count). The van der Waals surface area contributed by atoms with Crippen LogP contribution in [0, 0.1) is 11.8 Å². The van der Waals surface area contributed by atoms with E-state index in [2.05, 4.69) is 10.6 Å². The van der Waals surface area contributed by atoms with Gasteiger partial charge in [0.2, 0.25) is 0 Å². The molecule has 0 spiro atoms. The minimum Gasteiger partial charge on any atom is -0.481 e. The Balaban J connectivity index is 2.15. The molecule has 1 saturated carbocycles. The Kier molecular flexibility index (Phi) is 6.49. The van der Waals surface area contributed by atoms with Gasteiger partial charge in [0, 0.05) is 26.8 Å². The lowest BCUT2D eigenvalue weighted by Gasteiger charge is -2.16. The maximum Gasteiger partial charge on any atom is 0.314 e. The van der Waals surface area contributed by atoms with Crippen LogP contribution in [0.4, 0.5) is 4.79 Å². The fraction of sp³-hybridized carbons (Fsp3) is 0.833. The summed E-state index contributed by atoms with van der Waals surface area (Å²) in [6.07, 6.45) is 3.29. The third-order valence-electron chi connectivity index (χ3n) is 3.31. The summed E-state index contributed by atoms with van der Waals surface area (Å²) in [5, 5.41) is 14.4. The Morgan fingerprint density at radius 2 is 2.11 bits per heavy atom. The molecule has 0 aromatic heterocycles. The van der Waals surface area contributed by atoms with Gasteiger partial charge in [-0.25, -0.2) is 4.79 Å². The Labute approximate surface area is 107 Å². The van der Waals surface area contributed by atoms with Gasteiger partial charge in [0.05, 0.1) is 5.92 Å². The second-order valence-corrected chi connectivity index (χ2v) is 4.62. The number of carboxylic acids is 1. The molecule has 0 bridgehead atoms.